The van der Waals surface area contributed by atoms with Gasteiger partial charge in [-0.05, 0) is 89.8 Å². The molecule has 0 saturated carbocycles. The summed E-state index contributed by atoms with van der Waals surface area (Å²) in [6.45, 7) is 29.8. The highest BCUT2D eigenvalue weighted by Gasteiger charge is 2.30. The van der Waals surface area contributed by atoms with Gasteiger partial charge in [-0.3, -0.25) is 0 Å². The Morgan fingerprint density at radius 1 is 0.560 bits per heavy atom. The SMILES string of the molecule is CC[SiH](C)O[Si](C)(C)C.CC[SiH](C)O[Si](C)(C)C[SiH](C)O[Si](C)(C)C. The van der Waals surface area contributed by atoms with Crippen molar-refractivity contribution in [3.8, 4) is 0 Å². The van der Waals surface area contributed by atoms with Gasteiger partial charge in [0, 0.05) is 0 Å². The predicted octanol–water partition coefficient (Wildman–Crippen LogP) is 5.54. The Balaban J connectivity index is 0. The topological polar surface area (TPSA) is 27.7 Å². The van der Waals surface area contributed by atoms with E-state index in [0.717, 1.165) is 0 Å². The fraction of sp³-hybridized carbons (Fsp3) is 1.00. The maximum absolute atomic E-state index is 6.32. The summed E-state index contributed by atoms with van der Waals surface area (Å²) in [4.78, 5) is 0. The Morgan fingerprint density at radius 3 is 1.16 bits per heavy atom. The van der Waals surface area contributed by atoms with Gasteiger partial charge in [-0.1, -0.05) is 13.8 Å². The van der Waals surface area contributed by atoms with Crippen molar-refractivity contribution in [1.29, 1.82) is 0 Å². The summed E-state index contributed by atoms with van der Waals surface area (Å²) in [5, 5.41) is 0. The zero-order chi connectivity index (χ0) is 20.5. The molecule has 0 aromatic carbocycles. The lowest BCUT2D eigenvalue weighted by Crippen LogP contribution is -2.43. The fourth-order valence-electron chi connectivity index (χ4n) is 2.70. The maximum atomic E-state index is 6.32. The van der Waals surface area contributed by atoms with Crippen LogP contribution in [0, 0.1) is 0 Å². The van der Waals surface area contributed by atoms with Gasteiger partial charge in [-0.15, -0.1) is 0 Å². The first-order chi connectivity index (χ1) is 11.0. The number of hydrogen-bond acceptors (Lipinski definition) is 3. The van der Waals surface area contributed by atoms with Gasteiger partial charge < -0.3 is 12.3 Å². The average molecular weight is 457 g/mol. The van der Waals surface area contributed by atoms with Crippen molar-refractivity contribution in [3.05, 3.63) is 0 Å². The van der Waals surface area contributed by atoms with E-state index in [0.29, 0.717) is 0 Å². The normalized spacial score (nSPS) is 16.7. The Hall–Kier alpha value is 1.18. The fourth-order valence-corrected chi connectivity index (χ4v) is 25.9. The summed E-state index contributed by atoms with van der Waals surface area (Å²) < 4.78 is 18.4. The molecule has 0 aliphatic carbocycles. The summed E-state index contributed by atoms with van der Waals surface area (Å²) >= 11 is 0. The molecule has 0 amide bonds. The maximum Gasteiger partial charge on any atom is 0.172 e. The molecule has 3 nitrogen and oxygen atoms in total. The Kier molecular flexibility index (Phi) is 14.3. The molecule has 154 valence electrons. The van der Waals surface area contributed by atoms with Crippen LogP contribution in [-0.4, -0.2) is 52.1 Å². The Bertz CT molecular complexity index is 342. The molecule has 0 heterocycles. The molecule has 3 unspecified atom stereocenters. The van der Waals surface area contributed by atoms with E-state index in [9.17, 15) is 0 Å². The van der Waals surface area contributed by atoms with E-state index in [1.54, 1.807) is 0 Å². The molecule has 0 fully saturated rings. The van der Waals surface area contributed by atoms with Crippen molar-refractivity contribution in [2.75, 3.05) is 0 Å². The van der Waals surface area contributed by atoms with Crippen LogP contribution in [0.3, 0.4) is 0 Å². The molecule has 0 aliphatic rings. The first-order valence-corrected chi connectivity index (χ1v) is 27.3. The molecule has 0 rings (SSSR count). The van der Waals surface area contributed by atoms with Crippen molar-refractivity contribution in [2.45, 2.75) is 104 Å². The summed E-state index contributed by atoms with van der Waals surface area (Å²) in [6, 6.07) is 2.52. The van der Waals surface area contributed by atoms with Gasteiger partial charge in [0.2, 0.25) is 0 Å². The van der Waals surface area contributed by atoms with Crippen molar-refractivity contribution in [2.24, 2.45) is 0 Å². The summed E-state index contributed by atoms with van der Waals surface area (Å²) in [6.07, 6.45) is 0. The van der Waals surface area contributed by atoms with Crippen molar-refractivity contribution in [3.63, 3.8) is 0 Å². The number of hydrogen-bond donors (Lipinski definition) is 0. The first kappa shape index (κ1) is 28.4. The van der Waals surface area contributed by atoms with Gasteiger partial charge in [0.1, 0.15) is 0 Å². The van der Waals surface area contributed by atoms with Crippen molar-refractivity contribution in [1.82, 2.24) is 0 Å². The lowest BCUT2D eigenvalue weighted by molar-refractivity contribution is 0.553. The lowest BCUT2D eigenvalue weighted by Gasteiger charge is -2.31. The monoisotopic (exact) mass is 456 g/mol. The summed E-state index contributed by atoms with van der Waals surface area (Å²) in [7, 11) is -6.56. The molecule has 3 atom stereocenters. The standard InChI is InChI=1S/C10H30O2Si4.C6H18OSi2/c1-9-13(2)12-16(7,8)10-14(3)11-15(4,5)6;1-6-8(2)7-9(3,4)5/h13-14H,9-10H2,1-8H3;8H,6H2,1-5H3. The van der Waals surface area contributed by atoms with Crippen LogP contribution in [0.4, 0.5) is 0 Å². The van der Waals surface area contributed by atoms with E-state index in [2.05, 4.69) is 85.9 Å². The van der Waals surface area contributed by atoms with E-state index in [1.807, 2.05) is 0 Å². The minimum atomic E-state index is -1.43. The van der Waals surface area contributed by atoms with Crippen LogP contribution in [0.25, 0.3) is 0 Å². The molecule has 9 heteroatoms. The van der Waals surface area contributed by atoms with Gasteiger partial charge in [-0.25, -0.2) is 0 Å². The second-order valence-corrected chi connectivity index (χ2v) is 32.7. The van der Waals surface area contributed by atoms with Crippen LogP contribution in [-0.2, 0) is 12.3 Å². The molecule has 25 heavy (non-hydrogen) atoms. The van der Waals surface area contributed by atoms with Crippen molar-refractivity contribution >= 4 is 52.1 Å². The third-order valence-electron chi connectivity index (χ3n) is 3.56. The molecule has 0 saturated heterocycles. The van der Waals surface area contributed by atoms with Crippen LogP contribution in [0.15, 0.2) is 0 Å². The zero-order valence-electron chi connectivity index (χ0n) is 19.6. The average Bonchev–Trinajstić information content (AvgIpc) is 2.33. The molecular weight excluding hydrogens is 409 g/mol. The van der Waals surface area contributed by atoms with E-state index < -0.39 is 52.1 Å². The largest absolute Gasteiger partial charge is 0.458 e. The Morgan fingerprint density at radius 2 is 0.880 bits per heavy atom. The molecule has 0 bridgehead atoms. The van der Waals surface area contributed by atoms with Crippen LogP contribution in [0.5, 0.6) is 0 Å². The molecule has 0 aliphatic heterocycles. The van der Waals surface area contributed by atoms with Gasteiger partial charge in [0.25, 0.3) is 0 Å². The quantitative estimate of drug-likeness (QED) is 0.404. The predicted molar refractivity (Wildman–Crippen MR) is 132 cm³/mol. The first-order valence-electron chi connectivity index (χ1n) is 10.0. The van der Waals surface area contributed by atoms with Crippen LogP contribution < -0.4 is 0 Å². The highest BCUT2D eigenvalue weighted by atomic mass is 28.4. The lowest BCUT2D eigenvalue weighted by atomic mass is 11.0. The van der Waals surface area contributed by atoms with Gasteiger partial charge in [-0.2, -0.15) is 0 Å². The third-order valence-corrected chi connectivity index (χ3v) is 25.1. The molecule has 0 aromatic rings. The smallest absolute Gasteiger partial charge is 0.172 e. The second kappa shape index (κ2) is 12.6. The minimum absolute atomic E-state index is 0.745. The van der Waals surface area contributed by atoms with Gasteiger partial charge in [0.15, 0.2) is 52.1 Å². The highest BCUT2D eigenvalue weighted by molar-refractivity contribution is 6.88. The van der Waals surface area contributed by atoms with E-state index in [-0.39, 0.29) is 0 Å². The highest BCUT2D eigenvalue weighted by Crippen LogP contribution is 2.18. The molecule has 0 N–H and O–H groups in total. The van der Waals surface area contributed by atoms with Gasteiger partial charge in [0.05, 0.1) is 0 Å². The van der Waals surface area contributed by atoms with Gasteiger partial charge >= 0.3 is 0 Å². The molecule has 0 spiro atoms. The van der Waals surface area contributed by atoms with E-state index >= 15 is 0 Å². The third kappa shape index (κ3) is 21.3. The number of rotatable bonds is 10. The van der Waals surface area contributed by atoms with E-state index in [1.165, 1.54) is 17.8 Å². The molecule has 0 radical (unpaired) electrons. The zero-order valence-corrected chi connectivity index (χ0v) is 26.0. The second-order valence-electron chi connectivity index (χ2n) is 9.79. The van der Waals surface area contributed by atoms with Crippen LogP contribution >= 0.6 is 0 Å². The minimum Gasteiger partial charge on any atom is -0.458 e. The van der Waals surface area contributed by atoms with E-state index in [4.69, 9.17) is 12.3 Å². The summed E-state index contributed by atoms with van der Waals surface area (Å²) in [5.74, 6) is 0. The molecular formula is C16H48O3Si6. The van der Waals surface area contributed by atoms with Crippen LogP contribution in [0.1, 0.15) is 13.8 Å². The van der Waals surface area contributed by atoms with Crippen LogP contribution in [0.2, 0.25) is 89.8 Å². The Labute approximate surface area is 167 Å². The molecule has 0 aromatic heterocycles. The van der Waals surface area contributed by atoms with Crippen molar-refractivity contribution < 1.29 is 12.3 Å². The summed E-state index contributed by atoms with van der Waals surface area (Å²) in [5.41, 5.74) is 1.27.